The number of nitrogens with one attached hydrogen (secondary N) is 1. The molecular weight excluding hydrogens is 264 g/mol. The Labute approximate surface area is 124 Å². The van der Waals surface area contributed by atoms with Crippen molar-refractivity contribution < 1.29 is 9.21 Å². The number of carbonyl (C=O) groups excluding carboxylic acids is 1. The highest BCUT2D eigenvalue weighted by Crippen LogP contribution is 2.09. The molecule has 110 valence electrons. The second-order valence-electron chi connectivity index (χ2n) is 4.88. The number of carbonyl (C=O) groups is 1. The summed E-state index contributed by atoms with van der Waals surface area (Å²) in [5.41, 5.74) is 4.49. The van der Waals surface area contributed by atoms with E-state index in [0.717, 1.165) is 30.5 Å². The number of benzene rings is 1. The van der Waals surface area contributed by atoms with Crippen molar-refractivity contribution in [3.63, 3.8) is 0 Å². The zero-order valence-electron chi connectivity index (χ0n) is 12.4. The monoisotopic (exact) mass is 284 g/mol. The maximum atomic E-state index is 12.0. The number of hydrogen-bond donors (Lipinski definition) is 1. The minimum Gasteiger partial charge on any atom is -0.456 e. The maximum absolute atomic E-state index is 12.0. The van der Waals surface area contributed by atoms with E-state index in [1.54, 1.807) is 19.1 Å². The second-order valence-corrected chi connectivity index (χ2v) is 4.88. The lowest BCUT2D eigenvalue weighted by Crippen LogP contribution is -2.19. The molecule has 0 saturated carbocycles. The van der Waals surface area contributed by atoms with Crippen molar-refractivity contribution >= 4 is 11.6 Å². The number of hydrazone groups is 1. The van der Waals surface area contributed by atoms with Gasteiger partial charge in [-0.1, -0.05) is 43.7 Å². The Kier molecular flexibility index (Phi) is 5.32. The van der Waals surface area contributed by atoms with Crippen LogP contribution in [0.4, 0.5) is 0 Å². The Balaban J connectivity index is 2.11. The number of unbranched alkanes of at least 4 members (excludes halogenated alkanes) is 1. The summed E-state index contributed by atoms with van der Waals surface area (Å²) in [6.07, 6.45) is 2.94. The number of hydrogen-bond acceptors (Lipinski definition) is 3. The van der Waals surface area contributed by atoms with E-state index in [2.05, 4.69) is 17.5 Å². The van der Waals surface area contributed by atoms with E-state index < -0.39 is 0 Å². The van der Waals surface area contributed by atoms with E-state index in [1.807, 2.05) is 30.3 Å². The van der Waals surface area contributed by atoms with E-state index in [1.165, 1.54) is 0 Å². The Morgan fingerprint density at radius 3 is 2.57 bits per heavy atom. The summed E-state index contributed by atoms with van der Waals surface area (Å²) in [7, 11) is 0. The molecule has 0 aliphatic carbocycles. The van der Waals surface area contributed by atoms with Crippen molar-refractivity contribution in [3.8, 4) is 0 Å². The molecule has 1 aromatic carbocycles. The molecule has 2 rings (SSSR count). The highest BCUT2D eigenvalue weighted by atomic mass is 16.3. The summed E-state index contributed by atoms with van der Waals surface area (Å²) >= 11 is 0. The molecule has 0 aliphatic rings. The van der Waals surface area contributed by atoms with Crippen LogP contribution in [-0.2, 0) is 0 Å². The lowest BCUT2D eigenvalue weighted by molar-refractivity contribution is 0.0926. The van der Waals surface area contributed by atoms with Gasteiger partial charge in [0.1, 0.15) is 5.76 Å². The van der Waals surface area contributed by atoms with Crippen molar-refractivity contribution in [2.45, 2.75) is 33.1 Å². The third kappa shape index (κ3) is 4.31. The Hall–Kier alpha value is -2.36. The fourth-order valence-electron chi connectivity index (χ4n) is 1.97. The van der Waals surface area contributed by atoms with Crippen LogP contribution in [0.5, 0.6) is 0 Å². The SMILES string of the molecule is CCCCC(=NNC(=O)c1ccc(C)o1)c1ccccc1. The van der Waals surface area contributed by atoms with Crippen molar-refractivity contribution in [2.24, 2.45) is 5.10 Å². The first-order valence-electron chi connectivity index (χ1n) is 7.19. The molecule has 0 fully saturated rings. The van der Waals surface area contributed by atoms with Gasteiger partial charge < -0.3 is 4.42 Å². The Morgan fingerprint density at radius 1 is 1.19 bits per heavy atom. The smallest absolute Gasteiger partial charge is 0.307 e. The molecule has 1 N–H and O–H groups in total. The molecule has 1 heterocycles. The van der Waals surface area contributed by atoms with Crippen LogP contribution in [0, 0.1) is 6.92 Å². The predicted molar refractivity (Wildman–Crippen MR) is 83.4 cm³/mol. The van der Waals surface area contributed by atoms with Gasteiger partial charge in [0, 0.05) is 0 Å². The summed E-state index contributed by atoms with van der Waals surface area (Å²) in [4.78, 5) is 12.0. The highest BCUT2D eigenvalue weighted by Gasteiger charge is 2.10. The number of nitrogens with zero attached hydrogens (tertiary/aromatic N) is 1. The van der Waals surface area contributed by atoms with E-state index in [4.69, 9.17) is 4.42 Å². The molecule has 0 radical (unpaired) electrons. The molecular formula is C17H20N2O2. The van der Waals surface area contributed by atoms with Gasteiger partial charge in [0.2, 0.25) is 0 Å². The first kappa shape index (κ1) is 15.0. The van der Waals surface area contributed by atoms with Crippen LogP contribution in [0.3, 0.4) is 0 Å². The third-order valence-corrected chi connectivity index (χ3v) is 3.13. The van der Waals surface area contributed by atoms with Crippen molar-refractivity contribution in [1.29, 1.82) is 0 Å². The minimum atomic E-state index is -0.326. The van der Waals surface area contributed by atoms with Gasteiger partial charge in [-0.3, -0.25) is 4.79 Å². The molecule has 0 bridgehead atoms. The van der Waals surface area contributed by atoms with Gasteiger partial charge in [0.15, 0.2) is 5.76 Å². The topological polar surface area (TPSA) is 54.6 Å². The molecule has 0 saturated heterocycles. The van der Waals surface area contributed by atoms with Crippen LogP contribution in [0.15, 0.2) is 52.0 Å². The molecule has 2 aromatic rings. The molecule has 0 spiro atoms. The first-order valence-corrected chi connectivity index (χ1v) is 7.19. The van der Waals surface area contributed by atoms with Gasteiger partial charge in [0.25, 0.3) is 0 Å². The van der Waals surface area contributed by atoms with Crippen LogP contribution >= 0.6 is 0 Å². The summed E-state index contributed by atoms with van der Waals surface area (Å²) in [5.74, 6) is 0.658. The lowest BCUT2D eigenvalue weighted by Gasteiger charge is -2.06. The zero-order valence-corrected chi connectivity index (χ0v) is 12.4. The molecule has 0 atom stereocenters. The largest absolute Gasteiger partial charge is 0.456 e. The van der Waals surface area contributed by atoms with Gasteiger partial charge >= 0.3 is 5.91 Å². The predicted octanol–water partition coefficient (Wildman–Crippen LogP) is 3.91. The van der Waals surface area contributed by atoms with Crippen LogP contribution in [0.1, 0.15) is 48.1 Å². The van der Waals surface area contributed by atoms with Gasteiger partial charge in [-0.25, -0.2) is 5.43 Å². The van der Waals surface area contributed by atoms with Crippen molar-refractivity contribution in [2.75, 3.05) is 0 Å². The average Bonchev–Trinajstić information content (AvgIpc) is 2.95. The fourth-order valence-corrected chi connectivity index (χ4v) is 1.97. The molecule has 0 unspecified atom stereocenters. The molecule has 21 heavy (non-hydrogen) atoms. The maximum Gasteiger partial charge on any atom is 0.307 e. The van der Waals surface area contributed by atoms with Crippen molar-refractivity contribution in [1.82, 2.24) is 5.43 Å². The van der Waals surface area contributed by atoms with Crippen LogP contribution < -0.4 is 5.43 Å². The van der Waals surface area contributed by atoms with E-state index >= 15 is 0 Å². The van der Waals surface area contributed by atoms with Gasteiger partial charge in [-0.05, 0) is 37.5 Å². The molecule has 4 nitrogen and oxygen atoms in total. The summed E-state index contributed by atoms with van der Waals surface area (Å²) in [6.45, 7) is 3.93. The van der Waals surface area contributed by atoms with Gasteiger partial charge in [-0.2, -0.15) is 5.10 Å². The first-order chi connectivity index (χ1) is 10.2. The lowest BCUT2D eigenvalue weighted by atomic mass is 10.1. The minimum absolute atomic E-state index is 0.277. The number of rotatable bonds is 6. The standard InChI is InChI=1S/C17H20N2O2/c1-3-4-10-15(14-8-6-5-7-9-14)18-19-17(20)16-12-11-13(2)21-16/h5-9,11-12H,3-4,10H2,1-2H3,(H,19,20). The van der Waals surface area contributed by atoms with Crippen LogP contribution in [0.2, 0.25) is 0 Å². The van der Waals surface area contributed by atoms with E-state index in [0.29, 0.717) is 5.76 Å². The number of furan rings is 1. The highest BCUT2D eigenvalue weighted by molar-refractivity contribution is 6.01. The van der Waals surface area contributed by atoms with Crippen molar-refractivity contribution in [3.05, 3.63) is 59.5 Å². The quantitative estimate of drug-likeness (QED) is 0.646. The average molecular weight is 284 g/mol. The van der Waals surface area contributed by atoms with Gasteiger partial charge in [-0.15, -0.1) is 0 Å². The molecule has 4 heteroatoms. The summed E-state index contributed by atoms with van der Waals surface area (Å²) in [6, 6.07) is 13.3. The summed E-state index contributed by atoms with van der Waals surface area (Å²) < 4.78 is 5.28. The van der Waals surface area contributed by atoms with Gasteiger partial charge in [0.05, 0.1) is 5.71 Å². The molecule has 0 aliphatic heterocycles. The van der Waals surface area contributed by atoms with Crippen LogP contribution in [-0.4, -0.2) is 11.6 Å². The molecule has 1 amide bonds. The molecule has 1 aromatic heterocycles. The van der Waals surface area contributed by atoms with E-state index in [9.17, 15) is 4.79 Å². The Morgan fingerprint density at radius 2 is 1.95 bits per heavy atom. The number of amides is 1. The zero-order chi connectivity index (χ0) is 15.1. The fraction of sp³-hybridized carbons (Fsp3) is 0.294. The van der Waals surface area contributed by atoms with Crippen LogP contribution in [0.25, 0.3) is 0 Å². The Bertz CT molecular complexity index is 615. The second kappa shape index (κ2) is 7.43. The number of aryl methyl sites for hydroxylation is 1. The normalized spacial score (nSPS) is 11.4. The third-order valence-electron chi connectivity index (χ3n) is 3.13. The summed E-state index contributed by atoms with van der Waals surface area (Å²) in [5, 5.41) is 4.27. The van der Waals surface area contributed by atoms with E-state index in [-0.39, 0.29) is 11.7 Å².